The maximum absolute atomic E-state index is 14.3. The Morgan fingerprint density at radius 1 is 0.930 bits per heavy atom. The van der Waals surface area contributed by atoms with Gasteiger partial charge in [0.25, 0.3) is 10.0 Å². The van der Waals surface area contributed by atoms with E-state index in [-0.39, 0.29) is 39.1 Å². The average Bonchev–Trinajstić information content (AvgIpc) is 2.97. The molecular formula is C33H39Cl2N3O4S. The minimum absolute atomic E-state index is 0.00857. The number of hydrogen-bond acceptors (Lipinski definition) is 4. The first-order chi connectivity index (χ1) is 20.5. The molecule has 1 aliphatic rings. The van der Waals surface area contributed by atoms with Crippen LogP contribution in [0.25, 0.3) is 0 Å². The van der Waals surface area contributed by atoms with E-state index in [0.717, 1.165) is 53.1 Å². The van der Waals surface area contributed by atoms with Gasteiger partial charge in [0.2, 0.25) is 11.8 Å². The van der Waals surface area contributed by atoms with Crippen LogP contribution < -0.4 is 9.62 Å². The van der Waals surface area contributed by atoms with E-state index in [4.69, 9.17) is 23.2 Å². The molecule has 1 aliphatic carbocycles. The fourth-order valence-electron chi connectivity index (χ4n) is 5.50. The van der Waals surface area contributed by atoms with Gasteiger partial charge in [0.15, 0.2) is 0 Å². The Kier molecular flexibility index (Phi) is 11.2. The number of halogens is 2. The van der Waals surface area contributed by atoms with E-state index in [2.05, 4.69) is 5.32 Å². The zero-order valence-electron chi connectivity index (χ0n) is 24.9. The number of benzene rings is 3. The van der Waals surface area contributed by atoms with Crippen molar-refractivity contribution in [2.45, 2.75) is 82.8 Å². The molecule has 0 saturated heterocycles. The number of rotatable bonds is 11. The monoisotopic (exact) mass is 643 g/mol. The Hall–Kier alpha value is -3.07. The highest BCUT2D eigenvalue weighted by Gasteiger charge is 2.35. The topological polar surface area (TPSA) is 86.8 Å². The molecule has 0 unspecified atom stereocenters. The molecule has 230 valence electrons. The standard InChI is InChI=1S/C33H39Cl2N3O4S/c1-4-30(33(40)36-27-11-6-5-7-12-27)37(21-25-10-8-9-24(3)19-25)32(39)22-38(31-20-26(34)15-18-29(31)35)43(41,42)28-16-13-23(2)14-17-28/h8-10,13-20,27,30H,4-7,11-12,21-22H2,1-3H3,(H,36,40)/t30-/m1/s1. The van der Waals surface area contributed by atoms with Crippen LogP contribution in [0.5, 0.6) is 0 Å². The van der Waals surface area contributed by atoms with Crippen molar-refractivity contribution < 1.29 is 18.0 Å². The summed E-state index contributed by atoms with van der Waals surface area (Å²) in [7, 11) is -4.25. The van der Waals surface area contributed by atoms with Crippen LogP contribution in [0.2, 0.25) is 10.0 Å². The van der Waals surface area contributed by atoms with E-state index >= 15 is 0 Å². The highest BCUT2D eigenvalue weighted by molar-refractivity contribution is 7.92. The third kappa shape index (κ3) is 8.31. The largest absolute Gasteiger partial charge is 0.352 e. The second-order valence-corrected chi connectivity index (χ2v) is 13.9. The van der Waals surface area contributed by atoms with E-state index in [0.29, 0.717) is 6.42 Å². The summed E-state index contributed by atoms with van der Waals surface area (Å²) in [5.41, 5.74) is 2.82. The summed E-state index contributed by atoms with van der Waals surface area (Å²) in [6, 6.07) is 17.8. The lowest BCUT2D eigenvalue weighted by Crippen LogP contribution is -2.54. The van der Waals surface area contributed by atoms with Gasteiger partial charge in [-0.25, -0.2) is 8.42 Å². The molecular weight excluding hydrogens is 605 g/mol. The quantitative estimate of drug-likeness (QED) is 0.242. The lowest BCUT2D eigenvalue weighted by Gasteiger charge is -2.34. The smallest absolute Gasteiger partial charge is 0.264 e. The van der Waals surface area contributed by atoms with Gasteiger partial charge < -0.3 is 10.2 Å². The van der Waals surface area contributed by atoms with Crippen LogP contribution in [0.4, 0.5) is 5.69 Å². The summed E-state index contributed by atoms with van der Waals surface area (Å²) in [6.07, 6.45) is 5.44. The summed E-state index contributed by atoms with van der Waals surface area (Å²) >= 11 is 12.8. The molecule has 3 aromatic rings. The highest BCUT2D eigenvalue weighted by atomic mass is 35.5. The summed E-state index contributed by atoms with van der Waals surface area (Å²) < 4.78 is 29.1. The van der Waals surface area contributed by atoms with Gasteiger partial charge >= 0.3 is 0 Å². The van der Waals surface area contributed by atoms with Gasteiger partial charge in [0.05, 0.1) is 15.6 Å². The van der Waals surface area contributed by atoms with Gasteiger partial charge in [-0.15, -0.1) is 0 Å². The number of sulfonamides is 1. The van der Waals surface area contributed by atoms with Crippen molar-refractivity contribution in [3.8, 4) is 0 Å². The first-order valence-corrected chi connectivity index (χ1v) is 16.9. The van der Waals surface area contributed by atoms with E-state index in [1.165, 1.54) is 29.2 Å². The Balaban J connectivity index is 1.74. The molecule has 1 atom stereocenters. The third-order valence-corrected chi connectivity index (χ3v) is 10.2. The molecule has 0 radical (unpaired) electrons. The average molecular weight is 645 g/mol. The Morgan fingerprint density at radius 3 is 2.28 bits per heavy atom. The molecule has 2 amide bonds. The number of carbonyl (C=O) groups is 2. The van der Waals surface area contributed by atoms with Gasteiger partial charge in [-0.1, -0.05) is 96.9 Å². The van der Waals surface area contributed by atoms with Gasteiger partial charge in [-0.05, 0) is 69.0 Å². The van der Waals surface area contributed by atoms with Gasteiger partial charge in [-0.2, -0.15) is 0 Å². The van der Waals surface area contributed by atoms with Crippen LogP contribution >= 0.6 is 23.2 Å². The lowest BCUT2D eigenvalue weighted by atomic mass is 9.95. The molecule has 0 spiro atoms. The van der Waals surface area contributed by atoms with Crippen LogP contribution in [0.3, 0.4) is 0 Å². The number of amides is 2. The minimum atomic E-state index is -4.25. The van der Waals surface area contributed by atoms with Gasteiger partial charge in [0, 0.05) is 17.6 Å². The van der Waals surface area contributed by atoms with Crippen LogP contribution in [0.15, 0.2) is 71.6 Å². The number of nitrogens with zero attached hydrogens (tertiary/aromatic N) is 2. The zero-order chi connectivity index (χ0) is 31.1. The van der Waals surface area contributed by atoms with Crippen molar-refractivity contribution in [1.29, 1.82) is 0 Å². The molecule has 7 nitrogen and oxygen atoms in total. The summed E-state index contributed by atoms with van der Waals surface area (Å²) in [6.45, 7) is 5.24. The predicted octanol–water partition coefficient (Wildman–Crippen LogP) is 7.06. The Bertz CT molecular complexity index is 1540. The molecule has 0 heterocycles. The fraction of sp³-hybridized carbons (Fsp3) is 0.394. The lowest BCUT2D eigenvalue weighted by molar-refractivity contribution is -0.140. The summed E-state index contributed by atoms with van der Waals surface area (Å²) in [5.74, 6) is -0.761. The maximum atomic E-state index is 14.3. The molecule has 1 N–H and O–H groups in total. The van der Waals surface area contributed by atoms with Crippen molar-refractivity contribution in [1.82, 2.24) is 10.2 Å². The van der Waals surface area contributed by atoms with Crippen LogP contribution in [-0.2, 0) is 26.2 Å². The number of carbonyl (C=O) groups excluding carboxylic acids is 2. The van der Waals surface area contributed by atoms with E-state index in [1.54, 1.807) is 18.2 Å². The predicted molar refractivity (Wildman–Crippen MR) is 173 cm³/mol. The second kappa shape index (κ2) is 14.6. The molecule has 3 aromatic carbocycles. The molecule has 1 fully saturated rings. The molecule has 0 aromatic heterocycles. The van der Waals surface area contributed by atoms with Crippen LogP contribution in [0, 0.1) is 13.8 Å². The number of anilines is 1. The van der Waals surface area contributed by atoms with Gasteiger partial charge in [0.1, 0.15) is 12.6 Å². The van der Waals surface area contributed by atoms with Crippen molar-refractivity contribution in [2.24, 2.45) is 0 Å². The van der Waals surface area contributed by atoms with Crippen molar-refractivity contribution in [3.63, 3.8) is 0 Å². The summed E-state index contributed by atoms with van der Waals surface area (Å²) in [4.78, 5) is 29.5. The van der Waals surface area contributed by atoms with Crippen LogP contribution in [0.1, 0.15) is 62.1 Å². The normalized spacial score (nSPS) is 14.6. The first kappa shape index (κ1) is 32.8. The fourth-order valence-corrected chi connectivity index (χ4v) is 7.36. The molecule has 0 aliphatic heterocycles. The molecule has 1 saturated carbocycles. The Labute approximate surface area is 265 Å². The first-order valence-electron chi connectivity index (χ1n) is 14.7. The van der Waals surface area contributed by atoms with Gasteiger partial charge in [-0.3, -0.25) is 13.9 Å². The Morgan fingerprint density at radius 2 is 1.63 bits per heavy atom. The van der Waals surface area contributed by atoms with Crippen molar-refractivity contribution in [2.75, 3.05) is 10.8 Å². The van der Waals surface area contributed by atoms with E-state index < -0.39 is 28.5 Å². The maximum Gasteiger partial charge on any atom is 0.264 e. The molecule has 4 rings (SSSR count). The summed E-state index contributed by atoms with van der Waals surface area (Å²) in [5, 5.41) is 3.56. The molecule has 0 bridgehead atoms. The molecule has 43 heavy (non-hydrogen) atoms. The number of aryl methyl sites for hydroxylation is 2. The number of hydrogen-bond donors (Lipinski definition) is 1. The highest BCUT2D eigenvalue weighted by Crippen LogP contribution is 2.33. The minimum Gasteiger partial charge on any atom is -0.352 e. The second-order valence-electron chi connectivity index (χ2n) is 11.2. The van der Waals surface area contributed by atoms with E-state index in [9.17, 15) is 18.0 Å². The zero-order valence-corrected chi connectivity index (χ0v) is 27.2. The molecule has 10 heteroatoms. The van der Waals surface area contributed by atoms with Crippen LogP contribution in [-0.4, -0.2) is 43.8 Å². The van der Waals surface area contributed by atoms with E-state index in [1.807, 2.05) is 45.0 Å². The van der Waals surface area contributed by atoms with Crippen molar-refractivity contribution in [3.05, 3.63) is 93.5 Å². The SMILES string of the molecule is CC[C@H](C(=O)NC1CCCCC1)N(Cc1cccc(C)c1)C(=O)CN(c1cc(Cl)ccc1Cl)S(=O)(=O)c1ccc(C)cc1. The third-order valence-electron chi connectivity index (χ3n) is 7.84. The number of nitrogens with one attached hydrogen (secondary N) is 1. The van der Waals surface area contributed by atoms with Crippen molar-refractivity contribution >= 4 is 50.7 Å².